The van der Waals surface area contributed by atoms with Gasteiger partial charge in [-0.3, -0.25) is 0 Å². The van der Waals surface area contributed by atoms with Crippen molar-refractivity contribution in [3.63, 3.8) is 0 Å². The fourth-order valence-corrected chi connectivity index (χ4v) is 2.61. The molecule has 0 saturated carbocycles. The Morgan fingerprint density at radius 2 is 1.36 bits per heavy atom. The lowest BCUT2D eigenvalue weighted by molar-refractivity contribution is 0.112. The van der Waals surface area contributed by atoms with Crippen molar-refractivity contribution in [1.82, 2.24) is 0 Å². The first-order valence-corrected chi connectivity index (χ1v) is 6.21. The Balaban J connectivity index is 4.50. The first kappa shape index (κ1) is 14.0. The summed E-state index contributed by atoms with van der Waals surface area (Å²) in [6.45, 7) is 19.0. The van der Waals surface area contributed by atoms with Crippen LogP contribution in [0.3, 0.4) is 0 Å². The standard InChI is InChI=1S/C14H30/c1-9-13(10(2)3)11(4)12(5)14(6,7)8/h10-13H,9H2,1-8H3. The second kappa shape index (κ2) is 5.19. The molecule has 0 spiro atoms. The molecular weight excluding hydrogens is 168 g/mol. The molecule has 0 amide bonds. The van der Waals surface area contributed by atoms with Crippen molar-refractivity contribution in [2.45, 2.75) is 61.8 Å². The van der Waals surface area contributed by atoms with Crippen LogP contribution in [0.2, 0.25) is 0 Å². The molecule has 0 N–H and O–H groups in total. The molecule has 0 bridgehead atoms. The fraction of sp³-hybridized carbons (Fsp3) is 1.00. The molecule has 0 saturated heterocycles. The quantitative estimate of drug-likeness (QED) is 0.597. The lowest BCUT2D eigenvalue weighted by atomic mass is 9.67. The Kier molecular flexibility index (Phi) is 5.19. The van der Waals surface area contributed by atoms with Gasteiger partial charge in [0.15, 0.2) is 0 Å². The van der Waals surface area contributed by atoms with E-state index in [1.807, 2.05) is 0 Å². The largest absolute Gasteiger partial charge is 0.0651 e. The maximum Gasteiger partial charge on any atom is -0.0354 e. The lowest BCUT2D eigenvalue weighted by Crippen LogP contribution is -2.31. The molecule has 3 unspecified atom stereocenters. The summed E-state index contributed by atoms with van der Waals surface area (Å²) < 4.78 is 0. The van der Waals surface area contributed by atoms with E-state index in [4.69, 9.17) is 0 Å². The summed E-state index contributed by atoms with van der Waals surface area (Å²) in [7, 11) is 0. The molecule has 0 aliphatic heterocycles. The summed E-state index contributed by atoms with van der Waals surface area (Å²) in [4.78, 5) is 0. The van der Waals surface area contributed by atoms with Crippen LogP contribution in [-0.4, -0.2) is 0 Å². The molecule has 86 valence electrons. The first-order valence-electron chi connectivity index (χ1n) is 6.21. The van der Waals surface area contributed by atoms with Gasteiger partial charge in [-0.05, 0) is 29.1 Å². The summed E-state index contributed by atoms with van der Waals surface area (Å²) in [6.07, 6.45) is 1.32. The molecule has 0 aromatic rings. The SMILES string of the molecule is CCC(C(C)C)C(C)C(C)C(C)(C)C. The molecule has 0 aliphatic carbocycles. The second-order valence-corrected chi connectivity index (χ2v) is 6.33. The van der Waals surface area contributed by atoms with Gasteiger partial charge in [0.1, 0.15) is 0 Å². The predicted octanol–water partition coefficient (Wildman–Crippen LogP) is 4.99. The molecule has 0 heterocycles. The van der Waals surface area contributed by atoms with Crippen LogP contribution in [0.25, 0.3) is 0 Å². The monoisotopic (exact) mass is 198 g/mol. The van der Waals surface area contributed by atoms with Crippen molar-refractivity contribution < 1.29 is 0 Å². The maximum absolute atomic E-state index is 2.43. The number of hydrogen-bond donors (Lipinski definition) is 0. The van der Waals surface area contributed by atoms with E-state index in [1.165, 1.54) is 6.42 Å². The van der Waals surface area contributed by atoms with Crippen LogP contribution in [0.4, 0.5) is 0 Å². The summed E-state index contributed by atoms with van der Waals surface area (Å²) in [5, 5.41) is 0. The van der Waals surface area contributed by atoms with Gasteiger partial charge in [0.25, 0.3) is 0 Å². The molecular formula is C14H30. The van der Waals surface area contributed by atoms with Gasteiger partial charge in [-0.1, -0.05) is 61.8 Å². The molecule has 3 atom stereocenters. The Morgan fingerprint density at radius 3 is 1.57 bits per heavy atom. The molecule has 0 radical (unpaired) electrons. The van der Waals surface area contributed by atoms with Crippen LogP contribution in [0.5, 0.6) is 0 Å². The van der Waals surface area contributed by atoms with Crippen molar-refractivity contribution >= 4 is 0 Å². The average Bonchev–Trinajstić information content (AvgIpc) is 2.01. The first-order chi connectivity index (χ1) is 6.21. The van der Waals surface area contributed by atoms with Crippen molar-refractivity contribution in [3.05, 3.63) is 0 Å². The highest BCUT2D eigenvalue weighted by Gasteiger charge is 2.30. The van der Waals surface area contributed by atoms with Gasteiger partial charge >= 0.3 is 0 Å². The van der Waals surface area contributed by atoms with Crippen molar-refractivity contribution in [2.24, 2.45) is 29.1 Å². The normalized spacial score (nSPS) is 19.5. The molecule has 14 heavy (non-hydrogen) atoms. The molecule has 0 fully saturated rings. The van der Waals surface area contributed by atoms with Crippen LogP contribution in [0, 0.1) is 29.1 Å². The summed E-state index contributed by atoms with van der Waals surface area (Å²) in [6, 6.07) is 0. The van der Waals surface area contributed by atoms with Gasteiger partial charge < -0.3 is 0 Å². The number of rotatable bonds is 4. The van der Waals surface area contributed by atoms with Gasteiger partial charge in [0.05, 0.1) is 0 Å². The topological polar surface area (TPSA) is 0 Å². The zero-order valence-electron chi connectivity index (χ0n) is 11.5. The van der Waals surface area contributed by atoms with Crippen LogP contribution in [-0.2, 0) is 0 Å². The lowest BCUT2D eigenvalue weighted by Gasteiger charge is -2.38. The Hall–Kier alpha value is 0. The van der Waals surface area contributed by atoms with Gasteiger partial charge in [-0.15, -0.1) is 0 Å². The van der Waals surface area contributed by atoms with Crippen LogP contribution in [0.1, 0.15) is 61.8 Å². The predicted molar refractivity (Wildman–Crippen MR) is 66.4 cm³/mol. The zero-order chi connectivity index (χ0) is 11.5. The van der Waals surface area contributed by atoms with E-state index < -0.39 is 0 Å². The van der Waals surface area contributed by atoms with E-state index in [0.29, 0.717) is 5.41 Å². The minimum absolute atomic E-state index is 0.446. The maximum atomic E-state index is 2.43. The zero-order valence-corrected chi connectivity index (χ0v) is 11.5. The van der Waals surface area contributed by atoms with E-state index in [0.717, 1.165) is 23.7 Å². The highest BCUT2D eigenvalue weighted by Crippen LogP contribution is 2.38. The van der Waals surface area contributed by atoms with Crippen molar-refractivity contribution in [3.8, 4) is 0 Å². The highest BCUT2D eigenvalue weighted by molar-refractivity contribution is 4.80. The Morgan fingerprint density at radius 1 is 0.929 bits per heavy atom. The van der Waals surface area contributed by atoms with Gasteiger partial charge in [-0.2, -0.15) is 0 Å². The summed E-state index contributed by atoms with van der Waals surface area (Å²) in [5.41, 5.74) is 0.446. The average molecular weight is 198 g/mol. The van der Waals surface area contributed by atoms with Crippen LogP contribution in [0.15, 0.2) is 0 Å². The summed E-state index contributed by atoms with van der Waals surface area (Å²) >= 11 is 0. The highest BCUT2D eigenvalue weighted by atomic mass is 14.4. The van der Waals surface area contributed by atoms with E-state index in [-0.39, 0.29) is 0 Å². The molecule has 0 aliphatic rings. The molecule has 0 heteroatoms. The molecule has 0 rings (SSSR count). The van der Waals surface area contributed by atoms with Gasteiger partial charge in [0.2, 0.25) is 0 Å². The molecule has 0 nitrogen and oxygen atoms in total. The van der Waals surface area contributed by atoms with Crippen LogP contribution < -0.4 is 0 Å². The third kappa shape index (κ3) is 3.63. The van der Waals surface area contributed by atoms with E-state index in [9.17, 15) is 0 Å². The summed E-state index contributed by atoms with van der Waals surface area (Å²) in [5.74, 6) is 3.33. The Labute approximate surface area is 91.5 Å². The number of hydrogen-bond acceptors (Lipinski definition) is 0. The van der Waals surface area contributed by atoms with E-state index in [2.05, 4.69) is 55.4 Å². The van der Waals surface area contributed by atoms with Crippen molar-refractivity contribution in [1.29, 1.82) is 0 Å². The minimum atomic E-state index is 0.446. The van der Waals surface area contributed by atoms with E-state index in [1.54, 1.807) is 0 Å². The van der Waals surface area contributed by atoms with E-state index >= 15 is 0 Å². The smallest absolute Gasteiger partial charge is 0.0354 e. The molecule has 0 aromatic carbocycles. The van der Waals surface area contributed by atoms with Crippen LogP contribution >= 0.6 is 0 Å². The van der Waals surface area contributed by atoms with Gasteiger partial charge in [-0.25, -0.2) is 0 Å². The third-order valence-corrected chi connectivity index (χ3v) is 4.16. The Bertz CT molecular complexity index is 148. The fourth-order valence-electron chi connectivity index (χ4n) is 2.61. The third-order valence-electron chi connectivity index (χ3n) is 4.16. The molecule has 0 aromatic heterocycles. The minimum Gasteiger partial charge on any atom is -0.0651 e. The van der Waals surface area contributed by atoms with Gasteiger partial charge in [0, 0.05) is 0 Å². The second-order valence-electron chi connectivity index (χ2n) is 6.33. The van der Waals surface area contributed by atoms with Crippen molar-refractivity contribution in [2.75, 3.05) is 0 Å².